The lowest BCUT2D eigenvalue weighted by atomic mass is 9.89. The molecule has 9 nitrogen and oxygen atoms in total. The number of urea groups is 1. The van der Waals surface area contributed by atoms with Crippen molar-refractivity contribution in [3.05, 3.63) is 95.1 Å². The number of likely N-dealkylation sites (tertiary alicyclic amines) is 1. The number of nitrogens with zero attached hydrogens (tertiary/aromatic N) is 1. The lowest BCUT2D eigenvalue weighted by Gasteiger charge is -2.43. The van der Waals surface area contributed by atoms with Crippen molar-refractivity contribution < 1.29 is 28.9 Å². The van der Waals surface area contributed by atoms with Crippen molar-refractivity contribution in [2.45, 2.75) is 90.8 Å². The van der Waals surface area contributed by atoms with Crippen LogP contribution in [0.15, 0.2) is 72.8 Å². The third-order valence-electron chi connectivity index (χ3n) is 8.81. The van der Waals surface area contributed by atoms with Gasteiger partial charge in [-0.15, -0.1) is 0 Å². The van der Waals surface area contributed by atoms with E-state index in [0.29, 0.717) is 19.6 Å². The molecule has 252 valence electrons. The molecule has 3 N–H and O–H groups in total. The van der Waals surface area contributed by atoms with Crippen LogP contribution in [-0.4, -0.2) is 59.4 Å². The average Bonchev–Trinajstić information content (AvgIpc) is 3.53. The van der Waals surface area contributed by atoms with Gasteiger partial charge in [0.1, 0.15) is 11.6 Å². The Morgan fingerprint density at radius 3 is 2.34 bits per heavy atom. The zero-order chi connectivity index (χ0) is 33.6. The third-order valence-corrected chi connectivity index (χ3v) is 8.81. The topological polar surface area (TPSA) is 109 Å². The first-order valence-corrected chi connectivity index (χ1v) is 16.7. The summed E-state index contributed by atoms with van der Waals surface area (Å²) in [4.78, 5) is 27.2. The lowest BCUT2D eigenvalue weighted by Crippen LogP contribution is -2.48. The molecule has 0 aliphatic carbocycles. The van der Waals surface area contributed by atoms with E-state index in [4.69, 9.17) is 14.2 Å². The highest BCUT2D eigenvalue weighted by molar-refractivity contribution is 5.76. The predicted octanol–water partition coefficient (Wildman–Crippen LogP) is 6.26. The van der Waals surface area contributed by atoms with Crippen LogP contribution in [0.25, 0.3) is 11.1 Å². The second kappa shape index (κ2) is 15.4. The molecule has 0 saturated carbocycles. The number of carbonyl (C=O) groups excluding carboxylic acids is 2. The molecular formula is C38H49N3O6. The molecule has 2 amide bonds. The Labute approximate surface area is 278 Å². The highest BCUT2D eigenvalue weighted by atomic mass is 16.7. The van der Waals surface area contributed by atoms with Gasteiger partial charge in [-0.25, -0.2) is 4.79 Å². The van der Waals surface area contributed by atoms with Crippen molar-refractivity contribution >= 4 is 12.0 Å². The number of benzene rings is 3. The van der Waals surface area contributed by atoms with E-state index in [-0.39, 0.29) is 42.8 Å². The number of esters is 1. The standard InChI is InChI=1S/C38H49N3O6/c1-6-39-37(44)40-22-27-9-7-10-31(21-27)28-16-18-30(19-17-28)36-45-33(23-41-20-8-11-32(41)35(43)47-38(3,4)5)25(2)34(46-36)29-14-12-26(24-42)13-15-29/h7,9-10,12-19,21,25,32-34,36,42H,6,8,11,20,22-24H2,1-5H3,(H2,39,40,44). The highest BCUT2D eigenvalue weighted by Gasteiger charge is 2.42. The number of carbonyl (C=O) groups is 2. The number of aliphatic hydroxyl groups excluding tert-OH is 1. The number of nitrogens with one attached hydrogen (secondary N) is 2. The summed E-state index contributed by atoms with van der Waals surface area (Å²) in [6.07, 6.45) is 0.646. The molecule has 2 aliphatic rings. The molecule has 9 heteroatoms. The van der Waals surface area contributed by atoms with E-state index in [0.717, 1.165) is 52.8 Å². The molecule has 0 aromatic heterocycles. The van der Waals surface area contributed by atoms with Crippen molar-refractivity contribution in [3.63, 3.8) is 0 Å². The maximum absolute atomic E-state index is 13.1. The van der Waals surface area contributed by atoms with Gasteiger partial charge in [-0.1, -0.05) is 73.7 Å². The molecule has 2 heterocycles. The lowest BCUT2D eigenvalue weighted by molar-refractivity contribution is -0.276. The number of hydrogen-bond donors (Lipinski definition) is 3. The molecule has 5 unspecified atom stereocenters. The van der Waals surface area contributed by atoms with Crippen LogP contribution in [0.1, 0.15) is 82.1 Å². The fourth-order valence-corrected chi connectivity index (χ4v) is 6.34. The van der Waals surface area contributed by atoms with Crippen LogP contribution >= 0.6 is 0 Å². The highest BCUT2D eigenvalue weighted by Crippen LogP contribution is 2.42. The minimum absolute atomic E-state index is 0.00106. The Hall–Kier alpha value is -3.76. The Kier molecular flexibility index (Phi) is 11.3. The van der Waals surface area contributed by atoms with Gasteiger partial charge < -0.3 is 30.0 Å². The van der Waals surface area contributed by atoms with Gasteiger partial charge in [-0.05, 0) is 81.0 Å². The Morgan fingerprint density at radius 1 is 0.936 bits per heavy atom. The summed E-state index contributed by atoms with van der Waals surface area (Å²) in [7, 11) is 0. The zero-order valence-corrected chi connectivity index (χ0v) is 28.2. The first-order valence-electron chi connectivity index (χ1n) is 16.7. The fraction of sp³-hybridized carbons (Fsp3) is 0.474. The molecule has 2 saturated heterocycles. The van der Waals surface area contributed by atoms with Crippen LogP contribution in [0.4, 0.5) is 4.79 Å². The monoisotopic (exact) mass is 643 g/mol. The summed E-state index contributed by atoms with van der Waals surface area (Å²) in [6, 6.07) is 23.7. The van der Waals surface area contributed by atoms with E-state index in [1.807, 2.05) is 76.2 Å². The van der Waals surface area contributed by atoms with Crippen LogP contribution in [0.2, 0.25) is 0 Å². The van der Waals surface area contributed by atoms with Gasteiger partial charge in [0.2, 0.25) is 0 Å². The fourth-order valence-electron chi connectivity index (χ4n) is 6.34. The SMILES string of the molecule is CCNC(=O)NCc1cccc(-c2ccc(C3OC(CN4CCCC4C(=O)OC(C)(C)C)C(C)C(c4ccc(CO)cc4)O3)cc2)c1. The largest absolute Gasteiger partial charge is 0.459 e. The van der Waals surface area contributed by atoms with Crippen LogP contribution in [-0.2, 0) is 32.2 Å². The Bertz CT molecular complexity index is 1490. The number of aliphatic hydroxyl groups is 1. The maximum Gasteiger partial charge on any atom is 0.323 e. The van der Waals surface area contributed by atoms with E-state index in [9.17, 15) is 14.7 Å². The smallest absolute Gasteiger partial charge is 0.323 e. The molecule has 5 rings (SSSR count). The van der Waals surface area contributed by atoms with Crippen molar-refractivity contribution in [2.24, 2.45) is 5.92 Å². The second-order valence-corrected chi connectivity index (χ2v) is 13.5. The zero-order valence-electron chi connectivity index (χ0n) is 28.2. The minimum Gasteiger partial charge on any atom is -0.459 e. The van der Waals surface area contributed by atoms with Gasteiger partial charge in [0.25, 0.3) is 0 Å². The van der Waals surface area contributed by atoms with Crippen LogP contribution in [0.3, 0.4) is 0 Å². The summed E-state index contributed by atoms with van der Waals surface area (Å²) in [6.45, 7) is 12.1. The summed E-state index contributed by atoms with van der Waals surface area (Å²) in [5, 5.41) is 15.2. The van der Waals surface area contributed by atoms with Gasteiger partial charge in [-0.3, -0.25) is 9.69 Å². The predicted molar refractivity (Wildman–Crippen MR) is 181 cm³/mol. The molecule has 0 spiro atoms. The molecule has 2 aliphatic heterocycles. The molecule has 5 atom stereocenters. The molecule has 0 bridgehead atoms. The van der Waals surface area contributed by atoms with Gasteiger partial charge in [0, 0.05) is 31.1 Å². The summed E-state index contributed by atoms with van der Waals surface area (Å²) >= 11 is 0. The van der Waals surface area contributed by atoms with Gasteiger partial charge >= 0.3 is 12.0 Å². The molecule has 3 aromatic rings. The quantitative estimate of drug-likeness (QED) is 0.224. The first-order chi connectivity index (χ1) is 22.5. The maximum atomic E-state index is 13.1. The van der Waals surface area contributed by atoms with E-state index < -0.39 is 11.9 Å². The number of ether oxygens (including phenoxy) is 3. The van der Waals surface area contributed by atoms with E-state index in [2.05, 4.69) is 46.7 Å². The molecular weight excluding hydrogens is 594 g/mol. The van der Waals surface area contributed by atoms with Crippen molar-refractivity contribution in [1.29, 1.82) is 0 Å². The third kappa shape index (κ3) is 8.99. The summed E-state index contributed by atoms with van der Waals surface area (Å²) in [5.74, 6) is -0.178. The Morgan fingerprint density at radius 2 is 1.66 bits per heavy atom. The van der Waals surface area contributed by atoms with E-state index in [1.165, 1.54) is 0 Å². The number of amides is 2. The molecule has 0 radical (unpaired) electrons. The van der Waals surface area contributed by atoms with Crippen LogP contribution < -0.4 is 10.6 Å². The van der Waals surface area contributed by atoms with Gasteiger partial charge in [-0.2, -0.15) is 0 Å². The molecule has 2 fully saturated rings. The average molecular weight is 644 g/mol. The van der Waals surface area contributed by atoms with E-state index >= 15 is 0 Å². The number of rotatable bonds is 10. The second-order valence-electron chi connectivity index (χ2n) is 13.5. The molecule has 3 aromatic carbocycles. The number of hydrogen-bond acceptors (Lipinski definition) is 7. The molecule has 47 heavy (non-hydrogen) atoms. The summed E-state index contributed by atoms with van der Waals surface area (Å²) in [5.41, 5.74) is 5.33. The van der Waals surface area contributed by atoms with Crippen LogP contribution in [0, 0.1) is 5.92 Å². The van der Waals surface area contributed by atoms with Crippen LogP contribution in [0.5, 0.6) is 0 Å². The normalized spacial score (nSPS) is 23.3. The minimum atomic E-state index is -0.608. The van der Waals surface area contributed by atoms with E-state index in [1.54, 1.807) is 0 Å². The Balaban J connectivity index is 1.35. The van der Waals surface area contributed by atoms with Crippen molar-refractivity contribution in [1.82, 2.24) is 15.5 Å². The van der Waals surface area contributed by atoms with Crippen molar-refractivity contribution in [2.75, 3.05) is 19.6 Å². The summed E-state index contributed by atoms with van der Waals surface area (Å²) < 4.78 is 19.2. The van der Waals surface area contributed by atoms with Gasteiger partial charge in [0.05, 0.1) is 18.8 Å². The van der Waals surface area contributed by atoms with Gasteiger partial charge in [0.15, 0.2) is 6.29 Å². The van der Waals surface area contributed by atoms with Crippen molar-refractivity contribution in [3.8, 4) is 11.1 Å². The first kappa shape index (κ1) is 34.6.